The Kier molecular flexibility index (Phi) is 4.78. The van der Waals surface area contributed by atoms with Crippen molar-refractivity contribution in [1.82, 2.24) is 24.7 Å². The average Bonchev–Trinajstić information content (AvgIpc) is 3.40. The van der Waals surface area contributed by atoms with Crippen LogP contribution in [0.25, 0.3) is 33.3 Å². The van der Waals surface area contributed by atoms with Crippen molar-refractivity contribution in [3.05, 3.63) is 66.1 Å². The molecule has 5 rings (SSSR count). The van der Waals surface area contributed by atoms with Gasteiger partial charge in [0.2, 0.25) is 0 Å². The average molecular weight is 413 g/mol. The summed E-state index contributed by atoms with van der Waals surface area (Å²) >= 11 is 0. The molecule has 156 valence electrons. The molecule has 0 atom stereocenters. The van der Waals surface area contributed by atoms with Gasteiger partial charge in [-0.1, -0.05) is 12.1 Å². The fourth-order valence-electron chi connectivity index (χ4n) is 3.81. The molecule has 0 aliphatic carbocycles. The molecular formula is C24H23N5O2. The zero-order valence-electron chi connectivity index (χ0n) is 17.7. The molecule has 0 aliphatic rings. The van der Waals surface area contributed by atoms with Crippen molar-refractivity contribution in [3.8, 4) is 22.8 Å². The van der Waals surface area contributed by atoms with E-state index in [0.717, 1.165) is 68.9 Å². The van der Waals surface area contributed by atoms with Crippen LogP contribution in [0.4, 0.5) is 0 Å². The summed E-state index contributed by atoms with van der Waals surface area (Å²) in [6.45, 7) is 0. The van der Waals surface area contributed by atoms with Gasteiger partial charge in [0.1, 0.15) is 17.0 Å². The van der Waals surface area contributed by atoms with Gasteiger partial charge >= 0.3 is 0 Å². The Morgan fingerprint density at radius 3 is 2.52 bits per heavy atom. The van der Waals surface area contributed by atoms with Crippen molar-refractivity contribution >= 4 is 22.1 Å². The fraction of sp³-hybridized carbons (Fsp3) is 0.208. The van der Waals surface area contributed by atoms with E-state index in [4.69, 9.17) is 14.5 Å². The molecule has 3 aromatic heterocycles. The van der Waals surface area contributed by atoms with Gasteiger partial charge in [-0.05, 0) is 42.7 Å². The lowest BCUT2D eigenvalue weighted by molar-refractivity contribution is 0.393. The van der Waals surface area contributed by atoms with Gasteiger partial charge in [0.25, 0.3) is 0 Å². The maximum atomic E-state index is 5.36. The summed E-state index contributed by atoms with van der Waals surface area (Å²) < 4.78 is 12.6. The third-order valence-electron chi connectivity index (χ3n) is 5.52. The summed E-state index contributed by atoms with van der Waals surface area (Å²) in [4.78, 5) is 12.8. The maximum absolute atomic E-state index is 5.36. The summed E-state index contributed by atoms with van der Waals surface area (Å²) in [7, 11) is 5.27. The minimum Gasteiger partial charge on any atom is -0.497 e. The van der Waals surface area contributed by atoms with Crippen molar-refractivity contribution in [1.29, 1.82) is 0 Å². The Labute approximate surface area is 179 Å². The number of benzene rings is 2. The van der Waals surface area contributed by atoms with Crippen LogP contribution in [0, 0.1) is 0 Å². The molecule has 2 aromatic carbocycles. The van der Waals surface area contributed by atoms with Gasteiger partial charge in [0.05, 0.1) is 37.8 Å². The Morgan fingerprint density at radius 1 is 0.935 bits per heavy atom. The first kappa shape index (κ1) is 19.1. The third kappa shape index (κ3) is 3.70. The minimum absolute atomic E-state index is 0.779. The highest BCUT2D eigenvalue weighted by Crippen LogP contribution is 2.26. The molecule has 0 aliphatic heterocycles. The Bertz CT molecular complexity index is 1360. The van der Waals surface area contributed by atoms with E-state index < -0.39 is 0 Å². The minimum atomic E-state index is 0.779. The molecule has 5 aromatic rings. The molecule has 0 saturated heterocycles. The highest BCUT2D eigenvalue weighted by molar-refractivity contribution is 5.86. The molecule has 1 N–H and O–H groups in total. The summed E-state index contributed by atoms with van der Waals surface area (Å²) in [6, 6.07) is 14.3. The van der Waals surface area contributed by atoms with Crippen molar-refractivity contribution in [2.24, 2.45) is 7.05 Å². The highest BCUT2D eigenvalue weighted by Gasteiger charge is 2.10. The third-order valence-corrected chi connectivity index (χ3v) is 5.52. The van der Waals surface area contributed by atoms with E-state index in [1.807, 2.05) is 42.3 Å². The van der Waals surface area contributed by atoms with Gasteiger partial charge in [0.15, 0.2) is 5.65 Å². The number of methoxy groups -OCH3 is 2. The molecule has 0 fully saturated rings. The monoisotopic (exact) mass is 413 g/mol. The lowest BCUT2D eigenvalue weighted by Crippen LogP contribution is -1.97. The van der Waals surface area contributed by atoms with Crippen LogP contribution in [0.15, 0.2) is 54.9 Å². The number of nitrogens with one attached hydrogen (secondary N) is 1. The van der Waals surface area contributed by atoms with Crippen LogP contribution < -0.4 is 9.47 Å². The number of rotatable bonds is 6. The van der Waals surface area contributed by atoms with Crippen molar-refractivity contribution in [3.63, 3.8) is 0 Å². The van der Waals surface area contributed by atoms with Gasteiger partial charge in [0, 0.05) is 29.8 Å². The molecule has 7 heteroatoms. The van der Waals surface area contributed by atoms with E-state index in [1.165, 1.54) is 0 Å². The second-order valence-electron chi connectivity index (χ2n) is 7.54. The van der Waals surface area contributed by atoms with Gasteiger partial charge in [-0.25, -0.2) is 9.97 Å². The van der Waals surface area contributed by atoms with Crippen molar-refractivity contribution < 1.29 is 9.47 Å². The molecule has 0 spiro atoms. The van der Waals surface area contributed by atoms with E-state index in [9.17, 15) is 0 Å². The van der Waals surface area contributed by atoms with E-state index in [-0.39, 0.29) is 0 Å². The molecule has 0 bridgehead atoms. The quantitative estimate of drug-likeness (QED) is 0.449. The largest absolute Gasteiger partial charge is 0.497 e. The van der Waals surface area contributed by atoms with Gasteiger partial charge in [-0.2, -0.15) is 5.10 Å². The van der Waals surface area contributed by atoms with E-state index in [0.29, 0.717) is 0 Å². The first-order valence-electron chi connectivity index (χ1n) is 10.1. The first-order chi connectivity index (χ1) is 15.1. The lowest BCUT2D eigenvalue weighted by Gasteiger charge is -2.08. The second kappa shape index (κ2) is 7.75. The Hall–Kier alpha value is -3.87. The lowest BCUT2D eigenvalue weighted by atomic mass is 10.1. The van der Waals surface area contributed by atoms with Gasteiger partial charge < -0.3 is 14.5 Å². The van der Waals surface area contributed by atoms with Gasteiger partial charge in [-0.3, -0.25) is 4.68 Å². The summed E-state index contributed by atoms with van der Waals surface area (Å²) in [5.41, 5.74) is 6.90. The van der Waals surface area contributed by atoms with Crippen LogP contribution in [-0.2, 0) is 19.9 Å². The molecule has 0 unspecified atom stereocenters. The molecule has 0 radical (unpaired) electrons. The van der Waals surface area contributed by atoms with E-state index >= 15 is 0 Å². The number of nitrogens with zero attached hydrogens (tertiary/aromatic N) is 4. The first-order valence-corrected chi connectivity index (χ1v) is 10.1. The van der Waals surface area contributed by atoms with Crippen LogP contribution in [0.5, 0.6) is 11.5 Å². The Balaban J connectivity index is 1.40. The molecule has 7 nitrogen and oxygen atoms in total. The zero-order chi connectivity index (χ0) is 21.4. The van der Waals surface area contributed by atoms with Crippen molar-refractivity contribution in [2.75, 3.05) is 14.2 Å². The second-order valence-corrected chi connectivity index (χ2v) is 7.54. The number of fused-ring (bicyclic) bond motifs is 2. The standard InChI is InChI=1S/C24H23N5O2/c1-29-23-10-16(5-6-17(23)13-26-29)21-12-22-24(28-21)25-14-18(27-22)7-4-15-8-19(30-2)11-20(9-15)31-3/h5-6,8-14H,4,7H2,1-3H3,(H,25,28). The molecule has 31 heavy (non-hydrogen) atoms. The number of ether oxygens (including phenoxy) is 2. The highest BCUT2D eigenvalue weighted by atomic mass is 16.5. The predicted octanol–water partition coefficient (Wildman–Crippen LogP) is 4.31. The summed E-state index contributed by atoms with van der Waals surface area (Å²) in [6.07, 6.45) is 5.31. The predicted molar refractivity (Wildman–Crippen MR) is 121 cm³/mol. The van der Waals surface area contributed by atoms with Crippen LogP contribution in [0.1, 0.15) is 11.3 Å². The summed E-state index contributed by atoms with van der Waals surface area (Å²) in [5, 5.41) is 5.44. The molecule has 0 saturated carbocycles. The van der Waals surface area contributed by atoms with Crippen LogP contribution in [0.2, 0.25) is 0 Å². The number of aromatic nitrogens is 5. The van der Waals surface area contributed by atoms with Crippen LogP contribution in [-0.4, -0.2) is 39.0 Å². The summed E-state index contributed by atoms with van der Waals surface area (Å²) in [5.74, 6) is 1.58. The zero-order valence-corrected chi connectivity index (χ0v) is 17.7. The maximum Gasteiger partial charge on any atom is 0.156 e. The molecule has 0 amide bonds. The van der Waals surface area contributed by atoms with Gasteiger partial charge in [-0.15, -0.1) is 0 Å². The molecule has 3 heterocycles. The van der Waals surface area contributed by atoms with Crippen LogP contribution >= 0.6 is 0 Å². The number of aromatic amines is 1. The fourth-order valence-corrected chi connectivity index (χ4v) is 3.81. The smallest absolute Gasteiger partial charge is 0.156 e. The topological polar surface area (TPSA) is 77.9 Å². The van der Waals surface area contributed by atoms with Crippen molar-refractivity contribution in [2.45, 2.75) is 12.8 Å². The molecular weight excluding hydrogens is 390 g/mol. The Morgan fingerprint density at radius 2 is 1.74 bits per heavy atom. The number of aryl methyl sites for hydroxylation is 3. The van der Waals surface area contributed by atoms with E-state index in [2.05, 4.69) is 39.3 Å². The normalized spacial score (nSPS) is 11.3. The number of H-pyrrole nitrogens is 1. The number of hydrogen-bond acceptors (Lipinski definition) is 5. The SMILES string of the molecule is COc1cc(CCc2cnc3[nH]c(-c4ccc5cnn(C)c5c4)cc3n2)cc(OC)c1. The number of hydrogen-bond donors (Lipinski definition) is 1. The van der Waals surface area contributed by atoms with E-state index in [1.54, 1.807) is 14.2 Å². The van der Waals surface area contributed by atoms with Crippen LogP contribution in [0.3, 0.4) is 0 Å².